The van der Waals surface area contributed by atoms with Gasteiger partial charge in [0.15, 0.2) is 0 Å². The van der Waals surface area contributed by atoms with Crippen molar-refractivity contribution in [2.45, 2.75) is 37.8 Å². The van der Waals surface area contributed by atoms with Crippen LogP contribution in [0.3, 0.4) is 0 Å². The largest absolute Gasteiger partial charge is 0.381 e. The fourth-order valence-corrected chi connectivity index (χ4v) is 2.49. The molecule has 2 atom stereocenters. The lowest BCUT2D eigenvalue weighted by atomic mass is 9.92. The van der Waals surface area contributed by atoms with Crippen molar-refractivity contribution in [1.29, 1.82) is 0 Å². The van der Waals surface area contributed by atoms with Gasteiger partial charge in [-0.15, -0.1) is 0 Å². The topological polar surface area (TPSA) is 64.4 Å². The van der Waals surface area contributed by atoms with E-state index in [-0.39, 0.29) is 23.5 Å². The quantitative estimate of drug-likeness (QED) is 0.673. The molecule has 0 heterocycles. The molecule has 0 aromatic heterocycles. The Balaban J connectivity index is 2.13. The zero-order valence-electron chi connectivity index (χ0n) is 10.8. The smallest absolute Gasteiger partial charge is 0.292 e. The van der Waals surface area contributed by atoms with Crippen LogP contribution in [-0.4, -0.2) is 24.2 Å². The van der Waals surface area contributed by atoms with Gasteiger partial charge in [-0.25, -0.2) is 4.39 Å². The van der Waals surface area contributed by atoms with Crippen LogP contribution in [0.15, 0.2) is 18.2 Å². The van der Waals surface area contributed by atoms with Crippen LogP contribution in [0.4, 0.5) is 15.8 Å². The van der Waals surface area contributed by atoms with E-state index in [0.717, 1.165) is 31.7 Å². The average molecular weight is 268 g/mol. The van der Waals surface area contributed by atoms with Gasteiger partial charge in [-0.2, -0.15) is 0 Å². The Bertz CT molecular complexity index is 467. The summed E-state index contributed by atoms with van der Waals surface area (Å²) in [5.41, 5.74) is 0.146. The third kappa shape index (κ3) is 3.41. The maximum Gasteiger partial charge on any atom is 0.292 e. The van der Waals surface area contributed by atoms with Crippen LogP contribution in [0.2, 0.25) is 0 Å². The van der Waals surface area contributed by atoms with E-state index in [1.807, 2.05) is 0 Å². The number of hydrogen-bond acceptors (Lipinski definition) is 4. The Kier molecular flexibility index (Phi) is 4.31. The first-order chi connectivity index (χ1) is 9.10. The van der Waals surface area contributed by atoms with Crippen molar-refractivity contribution >= 4 is 11.4 Å². The predicted octanol–water partition coefficient (Wildman–Crippen LogP) is 3.10. The van der Waals surface area contributed by atoms with Crippen molar-refractivity contribution in [3.63, 3.8) is 0 Å². The summed E-state index contributed by atoms with van der Waals surface area (Å²) in [6.07, 6.45) is 3.86. The molecule has 19 heavy (non-hydrogen) atoms. The standard InChI is InChI=1S/C13H17FN2O3/c1-19-11-4-2-3-10(8-11)15-12-7-9(14)5-6-13(12)16(17)18/h5-7,10-11,15H,2-4,8H2,1H3. The van der Waals surface area contributed by atoms with E-state index >= 15 is 0 Å². The number of benzene rings is 1. The molecule has 0 spiro atoms. The summed E-state index contributed by atoms with van der Waals surface area (Å²) < 4.78 is 18.5. The Labute approximate surface area is 110 Å². The van der Waals surface area contributed by atoms with E-state index in [1.165, 1.54) is 12.1 Å². The molecule has 6 heteroatoms. The summed E-state index contributed by atoms with van der Waals surface area (Å²) in [5, 5.41) is 14.0. The number of methoxy groups -OCH3 is 1. The van der Waals surface area contributed by atoms with E-state index in [1.54, 1.807) is 7.11 Å². The summed E-state index contributed by atoms with van der Waals surface area (Å²) in [6, 6.07) is 3.55. The molecule has 1 N–H and O–H groups in total. The van der Waals surface area contributed by atoms with Crippen LogP contribution in [0.25, 0.3) is 0 Å². The third-order valence-electron chi connectivity index (χ3n) is 3.47. The molecular weight excluding hydrogens is 251 g/mol. The zero-order chi connectivity index (χ0) is 13.8. The molecule has 0 radical (unpaired) electrons. The number of ether oxygens (including phenoxy) is 1. The molecule has 0 saturated heterocycles. The Morgan fingerprint density at radius 2 is 2.26 bits per heavy atom. The van der Waals surface area contributed by atoms with Crippen LogP contribution in [-0.2, 0) is 4.74 Å². The summed E-state index contributed by atoms with van der Waals surface area (Å²) in [6.45, 7) is 0. The number of nitrogens with one attached hydrogen (secondary N) is 1. The van der Waals surface area contributed by atoms with Crippen molar-refractivity contribution in [1.82, 2.24) is 0 Å². The summed E-state index contributed by atoms with van der Waals surface area (Å²) >= 11 is 0. The zero-order valence-corrected chi connectivity index (χ0v) is 10.8. The molecule has 1 aliphatic rings. The molecule has 0 aliphatic heterocycles. The molecule has 1 saturated carbocycles. The van der Waals surface area contributed by atoms with Gasteiger partial charge in [-0.1, -0.05) is 0 Å². The van der Waals surface area contributed by atoms with Crippen molar-refractivity contribution in [2.24, 2.45) is 0 Å². The molecular formula is C13H17FN2O3. The van der Waals surface area contributed by atoms with Crippen molar-refractivity contribution < 1.29 is 14.1 Å². The summed E-state index contributed by atoms with van der Waals surface area (Å²) in [4.78, 5) is 10.4. The summed E-state index contributed by atoms with van der Waals surface area (Å²) in [5.74, 6) is -0.479. The number of hydrogen-bond donors (Lipinski definition) is 1. The van der Waals surface area contributed by atoms with Crippen LogP contribution in [0.1, 0.15) is 25.7 Å². The third-order valence-corrected chi connectivity index (χ3v) is 3.47. The van der Waals surface area contributed by atoms with Gasteiger partial charge >= 0.3 is 0 Å². The lowest BCUT2D eigenvalue weighted by Gasteiger charge is -2.29. The minimum absolute atomic E-state index is 0.0826. The van der Waals surface area contributed by atoms with Gasteiger partial charge in [0.2, 0.25) is 0 Å². The SMILES string of the molecule is COC1CCCC(Nc2cc(F)ccc2[N+](=O)[O-])C1. The molecule has 5 nitrogen and oxygen atoms in total. The second-order valence-corrected chi connectivity index (χ2v) is 4.78. The highest BCUT2D eigenvalue weighted by atomic mass is 19.1. The van der Waals surface area contributed by atoms with Crippen LogP contribution in [0.5, 0.6) is 0 Å². The number of rotatable bonds is 4. The maximum atomic E-state index is 13.2. The van der Waals surface area contributed by atoms with E-state index in [4.69, 9.17) is 4.74 Å². The molecule has 1 aromatic rings. The Morgan fingerprint density at radius 3 is 2.95 bits per heavy atom. The highest BCUT2D eigenvalue weighted by Gasteiger charge is 2.24. The molecule has 104 valence electrons. The van der Waals surface area contributed by atoms with E-state index in [2.05, 4.69) is 5.32 Å². The van der Waals surface area contributed by atoms with Crippen molar-refractivity contribution in [3.8, 4) is 0 Å². The predicted molar refractivity (Wildman–Crippen MR) is 69.7 cm³/mol. The number of nitro groups is 1. The first-order valence-corrected chi connectivity index (χ1v) is 6.33. The van der Waals surface area contributed by atoms with Crippen LogP contribution in [0, 0.1) is 15.9 Å². The molecule has 1 aromatic carbocycles. The van der Waals surface area contributed by atoms with E-state index in [0.29, 0.717) is 0 Å². The first-order valence-electron chi connectivity index (χ1n) is 6.33. The number of nitrogens with zero attached hydrogens (tertiary/aromatic N) is 1. The second kappa shape index (κ2) is 5.97. The normalized spacial score (nSPS) is 23.1. The van der Waals surface area contributed by atoms with Crippen LogP contribution < -0.4 is 5.32 Å². The fraction of sp³-hybridized carbons (Fsp3) is 0.538. The molecule has 2 unspecified atom stereocenters. The molecule has 1 fully saturated rings. The second-order valence-electron chi connectivity index (χ2n) is 4.78. The fourth-order valence-electron chi connectivity index (χ4n) is 2.49. The molecule has 2 rings (SSSR count). The molecule has 1 aliphatic carbocycles. The van der Waals surface area contributed by atoms with Gasteiger partial charge in [0, 0.05) is 25.3 Å². The first kappa shape index (κ1) is 13.7. The molecule has 0 bridgehead atoms. The van der Waals surface area contributed by atoms with Gasteiger partial charge in [-0.3, -0.25) is 10.1 Å². The Morgan fingerprint density at radius 1 is 1.47 bits per heavy atom. The van der Waals surface area contributed by atoms with E-state index < -0.39 is 10.7 Å². The van der Waals surface area contributed by atoms with Crippen molar-refractivity contribution in [3.05, 3.63) is 34.1 Å². The van der Waals surface area contributed by atoms with Crippen LogP contribution >= 0.6 is 0 Å². The highest BCUT2D eigenvalue weighted by Crippen LogP contribution is 2.29. The number of halogens is 1. The summed E-state index contributed by atoms with van der Waals surface area (Å²) in [7, 11) is 1.66. The van der Waals surface area contributed by atoms with E-state index in [9.17, 15) is 14.5 Å². The minimum Gasteiger partial charge on any atom is -0.381 e. The van der Waals surface area contributed by atoms with Gasteiger partial charge < -0.3 is 10.1 Å². The van der Waals surface area contributed by atoms with Crippen molar-refractivity contribution in [2.75, 3.05) is 12.4 Å². The van der Waals surface area contributed by atoms with Gasteiger partial charge in [0.25, 0.3) is 5.69 Å². The van der Waals surface area contributed by atoms with Gasteiger partial charge in [0.05, 0.1) is 11.0 Å². The molecule has 0 amide bonds. The monoisotopic (exact) mass is 268 g/mol. The average Bonchev–Trinajstić information content (AvgIpc) is 2.38. The van der Waals surface area contributed by atoms with Gasteiger partial charge in [0.1, 0.15) is 11.5 Å². The van der Waals surface area contributed by atoms with Gasteiger partial charge in [-0.05, 0) is 31.7 Å². The maximum absolute atomic E-state index is 13.2. The highest BCUT2D eigenvalue weighted by molar-refractivity contribution is 5.61. The lowest BCUT2D eigenvalue weighted by molar-refractivity contribution is -0.384. The lowest BCUT2D eigenvalue weighted by Crippen LogP contribution is -2.31. The number of nitro benzene ring substituents is 1. The minimum atomic E-state index is -0.502. The Hall–Kier alpha value is -1.69. The number of anilines is 1.